The van der Waals surface area contributed by atoms with E-state index < -0.39 is 23.9 Å². The third-order valence-corrected chi connectivity index (χ3v) is 3.61. The molecule has 142 valence electrons. The Hall–Kier alpha value is -2.70. The van der Waals surface area contributed by atoms with Crippen molar-refractivity contribution in [2.45, 2.75) is 46.1 Å². The van der Waals surface area contributed by atoms with Gasteiger partial charge >= 0.3 is 11.9 Å². The second-order valence-electron chi connectivity index (χ2n) is 5.48. The van der Waals surface area contributed by atoms with Crippen molar-refractivity contribution < 1.29 is 28.7 Å². The van der Waals surface area contributed by atoms with Gasteiger partial charge in [0.2, 0.25) is 0 Å². The molecular weight excluding hydrogens is 338 g/mol. The summed E-state index contributed by atoms with van der Waals surface area (Å²) < 4.78 is 9.78. The Bertz CT molecular complexity index is 638. The van der Waals surface area contributed by atoms with Crippen LogP contribution in [0.25, 0.3) is 0 Å². The van der Waals surface area contributed by atoms with Gasteiger partial charge in [0.1, 0.15) is 6.04 Å². The van der Waals surface area contributed by atoms with Crippen LogP contribution in [-0.4, -0.2) is 42.9 Å². The third-order valence-electron chi connectivity index (χ3n) is 3.61. The number of ether oxygens (including phenoxy) is 2. The van der Waals surface area contributed by atoms with Gasteiger partial charge in [-0.2, -0.15) is 0 Å². The molecule has 0 radical (unpaired) electrons. The maximum atomic E-state index is 12.4. The van der Waals surface area contributed by atoms with Crippen LogP contribution in [0.15, 0.2) is 24.3 Å². The van der Waals surface area contributed by atoms with Crippen LogP contribution in [0, 0.1) is 0 Å². The highest BCUT2D eigenvalue weighted by Gasteiger charge is 2.24. The van der Waals surface area contributed by atoms with Crippen molar-refractivity contribution in [1.29, 1.82) is 0 Å². The predicted octanol–water partition coefficient (Wildman–Crippen LogP) is 2.28. The van der Waals surface area contributed by atoms with Gasteiger partial charge in [-0.05, 0) is 32.4 Å². The number of carbonyl (C=O) groups excluding carboxylic acids is 4. The molecule has 7 nitrogen and oxygen atoms in total. The minimum atomic E-state index is -0.955. The first-order valence-electron chi connectivity index (χ1n) is 8.69. The summed E-state index contributed by atoms with van der Waals surface area (Å²) in [6.07, 6.45) is 0.446. The van der Waals surface area contributed by atoms with Crippen LogP contribution in [0.2, 0.25) is 0 Å². The number of hydrogen-bond donors (Lipinski definition) is 1. The highest BCUT2D eigenvalue weighted by Crippen LogP contribution is 2.09. The normalized spacial score (nSPS) is 11.3. The number of esters is 2. The summed E-state index contributed by atoms with van der Waals surface area (Å²) in [7, 11) is 0. The Kier molecular flexibility index (Phi) is 9.05. The van der Waals surface area contributed by atoms with Gasteiger partial charge in [-0.1, -0.05) is 19.1 Å². The molecule has 0 fully saturated rings. The molecule has 26 heavy (non-hydrogen) atoms. The van der Waals surface area contributed by atoms with Crippen molar-refractivity contribution >= 4 is 23.6 Å². The zero-order valence-electron chi connectivity index (χ0n) is 15.4. The number of rotatable bonds is 10. The van der Waals surface area contributed by atoms with Gasteiger partial charge < -0.3 is 14.8 Å². The number of amides is 1. The molecular formula is C19H25NO6. The van der Waals surface area contributed by atoms with Crippen molar-refractivity contribution in [2.75, 3.05) is 13.2 Å². The first-order valence-corrected chi connectivity index (χ1v) is 8.69. The highest BCUT2D eigenvalue weighted by atomic mass is 16.5. The summed E-state index contributed by atoms with van der Waals surface area (Å²) in [5, 5.41) is 2.57. The molecule has 0 aliphatic rings. The summed E-state index contributed by atoms with van der Waals surface area (Å²) >= 11 is 0. The molecule has 0 saturated heterocycles. The lowest BCUT2D eigenvalue weighted by Crippen LogP contribution is -2.42. The SMILES string of the molecule is CCOC(=O)CC[C@H](NC(=O)c1ccc(C(=O)CC)cc1)C(=O)OCC. The number of carbonyl (C=O) groups is 4. The second kappa shape index (κ2) is 11.0. The fraction of sp³-hybridized carbons (Fsp3) is 0.474. The van der Waals surface area contributed by atoms with E-state index in [-0.39, 0.29) is 31.8 Å². The summed E-state index contributed by atoms with van der Waals surface area (Å²) in [6, 6.07) is 5.22. The minimum absolute atomic E-state index is 0.0124. The van der Waals surface area contributed by atoms with Gasteiger partial charge in [-0.3, -0.25) is 14.4 Å². The number of Topliss-reactive ketones (excluding diaryl/α,β-unsaturated/α-hetero) is 1. The van der Waals surface area contributed by atoms with E-state index in [1.807, 2.05) is 0 Å². The predicted molar refractivity (Wildman–Crippen MR) is 94.8 cm³/mol. The van der Waals surface area contributed by atoms with Gasteiger partial charge in [0.25, 0.3) is 5.91 Å². The minimum Gasteiger partial charge on any atom is -0.466 e. The molecule has 0 unspecified atom stereocenters. The van der Waals surface area contributed by atoms with Gasteiger partial charge in [-0.15, -0.1) is 0 Å². The van der Waals surface area contributed by atoms with Crippen molar-refractivity contribution in [3.8, 4) is 0 Å². The molecule has 0 heterocycles. The molecule has 1 amide bonds. The topological polar surface area (TPSA) is 98.8 Å². The molecule has 0 aliphatic carbocycles. The number of nitrogens with one attached hydrogen (secondary N) is 1. The van der Waals surface area contributed by atoms with Crippen LogP contribution in [0.4, 0.5) is 0 Å². The second-order valence-corrected chi connectivity index (χ2v) is 5.48. The summed E-state index contributed by atoms with van der Waals surface area (Å²) in [5.74, 6) is -1.56. The van der Waals surface area contributed by atoms with Crippen LogP contribution < -0.4 is 5.32 Å². The van der Waals surface area contributed by atoms with Gasteiger partial charge in [0.05, 0.1) is 13.2 Å². The average Bonchev–Trinajstić information content (AvgIpc) is 2.64. The zero-order valence-corrected chi connectivity index (χ0v) is 15.4. The molecule has 0 bridgehead atoms. The van der Waals surface area contributed by atoms with Crippen molar-refractivity contribution in [2.24, 2.45) is 0 Å². The lowest BCUT2D eigenvalue weighted by atomic mass is 10.1. The first-order chi connectivity index (χ1) is 12.4. The van der Waals surface area contributed by atoms with Gasteiger partial charge in [0, 0.05) is 24.0 Å². The molecule has 1 aromatic rings. The molecule has 0 aliphatic heterocycles. The van der Waals surface area contributed by atoms with Crippen molar-refractivity contribution in [1.82, 2.24) is 5.32 Å². The van der Waals surface area contributed by atoms with E-state index in [4.69, 9.17) is 9.47 Å². The maximum absolute atomic E-state index is 12.4. The fourth-order valence-corrected chi connectivity index (χ4v) is 2.24. The maximum Gasteiger partial charge on any atom is 0.328 e. The summed E-state index contributed by atoms with van der Waals surface area (Å²) in [6.45, 7) is 5.52. The van der Waals surface area contributed by atoms with Crippen LogP contribution >= 0.6 is 0 Å². The van der Waals surface area contributed by atoms with E-state index in [9.17, 15) is 19.2 Å². The Labute approximate surface area is 153 Å². The lowest BCUT2D eigenvalue weighted by Gasteiger charge is -2.17. The largest absolute Gasteiger partial charge is 0.466 e. The molecule has 7 heteroatoms. The molecule has 0 saturated carbocycles. The zero-order chi connectivity index (χ0) is 19.5. The van der Waals surface area contributed by atoms with E-state index in [0.717, 1.165) is 0 Å². The molecule has 0 spiro atoms. The Morgan fingerprint density at radius 2 is 1.50 bits per heavy atom. The molecule has 1 atom stereocenters. The van der Waals surface area contributed by atoms with Gasteiger partial charge in [0.15, 0.2) is 5.78 Å². The number of hydrogen-bond acceptors (Lipinski definition) is 6. The summed E-state index contributed by atoms with van der Waals surface area (Å²) in [4.78, 5) is 47.5. The Morgan fingerprint density at radius 3 is 2.04 bits per heavy atom. The van der Waals surface area contributed by atoms with E-state index in [1.54, 1.807) is 32.9 Å². The molecule has 0 aromatic heterocycles. The van der Waals surface area contributed by atoms with E-state index in [0.29, 0.717) is 17.5 Å². The van der Waals surface area contributed by atoms with Gasteiger partial charge in [-0.25, -0.2) is 4.79 Å². The Balaban J connectivity index is 2.78. The number of ketones is 1. The number of benzene rings is 1. The highest BCUT2D eigenvalue weighted by molar-refractivity contribution is 5.99. The van der Waals surface area contributed by atoms with E-state index >= 15 is 0 Å². The molecule has 1 N–H and O–H groups in total. The van der Waals surface area contributed by atoms with Crippen LogP contribution in [0.3, 0.4) is 0 Å². The fourth-order valence-electron chi connectivity index (χ4n) is 2.24. The van der Waals surface area contributed by atoms with Crippen molar-refractivity contribution in [3.63, 3.8) is 0 Å². The molecule has 1 aromatic carbocycles. The quantitative estimate of drug-likeness (QED) is 0.506. The van der Waals surface area contributed by atoms with Crippen LogP contribution in [0.5, 0.6) is 0 Å². The average molecular weight is 363 g/mol. The monoisotopic (exact) mass is 363 g/mol. The van der Waals surface area contributed by atoms with E-state index in [1.165, 1.54) is 12.1 Å². The standard InChI is InChI=1S/C19H25NO6/c1-4-16(21)13-7-9-14(10-8-13)18(23)20-15(19(24)26-6-3)11-12-17(22)25-5-2/h7-10,15H,4-6,11-12H2,1-3H3,(H,20,23)/t15-/m0/s1. The van der Waals surface area contributed by atoms with Crippen LogP contribution in [0.1, 0.15) is 60.7 Å². The third kappa shape index (κ3) is 6.66. The lowest BCUT2D eigenvalue weighted by molar-refractivity contribution is -0.146. The molecule has 1 rings (SSSR count). The summed E-state index contributed by atoms with van der Waals surface area (Å²) in [5.41, 5.74) is 0.830. The first kappa shape index (κ1) is 21.3. The van der Waals surface area contributed by atoms with Crippen molar-refractivity contribution in [3.05, 3.63) is 35.4 Å². The Morgan fingerprint density at radius 1 is 0.923 bits per heavy atom. The smallest absolute Gasteiger partial charge is 0.328 e. The van der Waals surface area contributed by atoms with E-state index in [2.05, 4.69) is 5.32 Å². The van der Waals surface area contributed by atoms with Crippen LogP contribution in [-0.2, 0) is 19.1 Å².